The maximum Gasteiger partial charge on any atom is 0.243 e. The van der Waals surface area contributed by atoms with Crippen LogP contribution in [0.2, 0.25) is 0 Å². The minimum Gasteiger partial charge on any atom is -0.326 e. The monoisotopic (exact) mass is 304 g/mol. The second kappa shape index (κ2) is 6.70. The maximum atomic E-state index is 12.4. The van der Waals surface area contributed by atoms with Crippen molar-refractivity contribution >= 4 is 22.4 Å². The number of hydrogen-bond donors (Lipinski definition) is 1. The standard InChI is InChI=1S/C13H20N2O2S.ClH/c1-11-3-2-8-15(10-11)18(16,17)13-6-4-12(9-14)5-7-13;/h4-7,11H,2-3,8-10,14H2,1H3;1H. The van der Waals surface area contributed by atoms with Gasteiger partial charge in [-0.1, -0.05) is 19.1 Å². The number of sulfonamides is 1. The number of piperidine rings is 1. The summed E-state index contributed by atoms with van der Waals surface area (Å²) in [4.78, 5) is 0.369. The first-order valence-corrected chi connectivity index (χ1v) is 7.77. The zero-order valence-electron chi connectivity index (χ0n) is 11.1. The van der Waals surface area contributed by atoms with Gasteiger partial charge in [0.25, 0.3) is 0 Å². The van der Waals surface area contributed by atoms with Crippen LogP contribution in [0.4, 0.5) is 0 Å². The summed E-state index contributed by atoms with van der Waals surface area (Å²) < 4.78 is 26.5. The van der Waals surface area contributed by atoms with Crippen molar-refractivity contribution in [1.82, 2.24) is 4.31 Å². The molecule has 1 aliphatic heterocycles. The highest BCUT2D eigenvalue weighted by Crippen LogP contribution is 2.23. The van der Waals surface area contributed by atoms with Gasteiger partial charge in [-0.15, -0.1) is 12.4 Å². The first-order valence-electron chi connectivity index (χ1n) is 6.33. The Balaban J connectivity index is 0.00000180. The van der Waals surface area contributed by atoms with Crippen LogP contribution in [0.5, 0.6) is 0 Å². The van der Waals surface area contributed by atoms with E-state index >= 15 is 0 Å². The molecule has 2 N–H and O–H groups in total. The van der Waals surface area contributed by atoms with Gasteiger partial charge in [0.15, 0.2) is 0 Å². The molecule has 19 heavy (non-hydrogen) atoms. The van der Waals surface area contributed by atoms with Crippen LogP contribution < -0.4 is 5.73 Å². The topological polar surface area (TPSA) is 63.4 Å². The van der Waals surface area contributed by atoms with Crippen LogP contribution in [-0.4, -0.2) is 25.8 Å². The summed E-state index contributed by atoms with van der Waals surface area (Å²) in [5.41, 5.74) is 6.46. The van der Waals surface area contributed by atoms with Gasteiger partial charge in [-0.3, -0.25) is 0 Å². The van der Waals surface area contributed by atoms with Gasteiger partial charge in [-0.05, 0) is 36.5 Å². The van der Waals surface area contributed by atoms with Gasteiger partial charge in [0.1, 0.15) is 0 Å². The Morgan fingerprint density at radius 3 is 2.47 bits per heavy atom. The van der Waals surface area contributed by atoms with E-state index in [4.69, 9.17) is 5.73 Å². The molecule has 1 aliphatic rings. The molecule has 0 saturated carbocycles. The summed E-state index contributed by atoms with van der Waals surface area (Å²) in [7, 11) is -3.33. The Labute approximate surface area is 121 Å². The number of hydrogen-bond acceptors (Lipinski definition) is 3. The summed E-state index contributed by atoms with van der Waals surface area (Å²) in [5.74, 6) is 0.442. The van der Waals surface area contributed by atoms with E-state index in [0.717, 1.165) is 18.4 Å². The lowest BCUT2D eigenvalue weighted by molar-refractivity contribution is 0.281. The summed E-state index contributed by atoms with van der Waals surface area (Å²) in [6.45, 7) is 3.78. The lowest BCUT2D eigenvalue weighted by Crippen LogP contribution is -2.39. The molecule has 4 nitrogen and oxygen atoms in total. The number of nitrogens with two attached hydrogens (primary N) is 1. The fraction of sp³-hybridized carbons (Fsp3) is 0.538. The predicted molar refractivity (Wildman–Crippen MR) is 78.7 cm³/mol. The fourth-order valence-corrected chi connectivity index (χ4v) is 3.91. The normalized spacial score (nSPS) is 20.8. The van der Waals surface area contributed by atoms with Crippen molar-refractivity contribution in [2.24, 2.45) is 11.7 Å². The van der Waals surface area contributed by atoms with Gasteiger partial charge in [-0.25, -0.2) is 8.42 Å². The molecule has 1 heterocycles. The molecule has 0 aromatic heterocycles. The Morgan fingerprint density at radius 2 is 1.95 bits per heavy atom. The minimum absolute atomic E-state index is 0. The molecule has 0 radical (unpaired) electrons. The molecule has 0 bridgehead atoms. The van der Waals surface area contributed by atoms with E-state index in [0.29, 0.717) is 30.4 Å². The summed E-state index contributed by atoms with van der Waals surface area (Å²) in [6, 6.07) is 6.86. The quantitative estimate of drug-likeness (QED) is 0.929. The lowest BCUT2D eigenvalue weighted by atomic mass is 10.0. The van der Waals surface area contributed by atoms with Crippen LogP contribution in [0.25, 0.3) is 0 Å². The van der Waals surface area contributed by atoms with Crippen molar-refractivity contribution in [3.8, 4) is 0 Å². The maximum absolute atomic E-state index is 12.4. The van der Waals surface area contributed by atoms with E-state index in [1.807, 2.05) is 0 Å². The predicted octanol–water partition coefficient (Wildman–Crippen LogP) is 1.99. The molecule has 1 aromatic rings. The average molecular weight is 305 g/mol. The zero-order chi connectivity index (χ0) is 13.2. The molecular weight excluding hydrogens is 284 g/mol. The van der Waals surface area contributed by atoms with Crippen molar-refractivity contribution in [3.05, 3.63) is 29.8 Å². The Kier molecular flexibility index (Phi) is 5.80. The summed E-state index contributed by atoms with van der Waals surface area (Å²) >= 11 is 0. The molecule has 1 atom stereocenters. The van der Waals surface area contributed by atoms with Gasteiger partial charge in [0.2, 0.25) is 10.0 Å². The third-order valence-electron chi connectivity index (χ3n) is 3.42. The molecule has 1 fully saturated rings. The number of nitrogens with zero attached hydrogens (tertiary/aromatic N) is 1. The Hall–Kier alpha value is -0.620. The molecule has 0 amide bonds. The van der Waals surface area contributed by atoms with Crippen LogP contribution in [0.3, 0.4) is 0 Å². The minimum atomic E-state index is -3.33. The smallest absolute Gasteiger partial charge is 0.243 e. The third kappa shape index (κ3) is 3.69. The van der Waals surface area contributed by atoms with E-state index in [9.17, 15) is 8.42 Å². The highest BCUT2D eigenvalue weighted by Gasteiger charge is 2.28. The van der Waals surface area contributed by atoms with Gasteiger partial charge in [0.05, 0.1) is 4.90 Å². The first-order chi connectivity index (χ1) is 8.54. The van der Waals surface area contributed by atoms with Crippen LogP contribution in [0.1, 0.15) is 25.3 Å². The third-order valence-corrected chi connectivity index (χ3v) is 5.30. The average Bonchev–Trinajstić information content (AvgIpc) is 2.39. The highest BCUT2D eigenvalue weighted by atomic mass is 35.5. The van der Waals surface area contributed by atoms with Crippen LogP contribution in [0, 0.1) is 5.92 Å². The summed E-state index contributed by atoms with van der Waals surface area (Å²) in [5, 5.41) is 0. The molecule has 6 heteroatoms. The molecular formula is C13H21ClN2O2S. The van der Waals surface area contributed by atoms with E-state index in [1.54, 1.807) is 28.6 Å². The van der Waals surface area contributed by atoms with Crippen LogP contribution in [-0.2, 0) is 16.6 Å². The highest BCUT2D eigenvalue weighted by molar-refractivity contribution is 7.89. The van der Waals surface area contributed by atoms with Gasteiger partial charge in [0, 0.05) is 19.6 Å². The van der Waals surface area contributed by atoms with Crippen LogP contribution in [0.15, 0.2) is 29.2 Å². The molecule has 108 valence electrons. The zero-order valence-corrected chi connectivity index (χ0v) is 12.7. The largest absolute Gasteiger partial charge is 0.326 e. The fourth-order valence-electron chi connectivity index (χ4n) is 2.31. The van der Waals surface area contributed by atoms with Crippen molar-refractivity contribution in [2.45, 2.75) is 31.2 Å². The van der Waals surface area contributed by atoms with E-state index < -0.39 is 10.0 Å². The van der Waals surface area contributed by atoms with Crippen LogP contribution >= 0.6 is 12.4 Å². The van der Waals surface area contributed by atoms with Gasteiger partial charge < -0.3 is 5.73 Å². The SMILES string of the molecule is CC1CCCN(S(=O)(=O)c2ccc(CN)cc2)C1.Cl. The molecule has 1 unspecified atom stereocenters. The van der Waals surface area contributed by atoms with Crippen molar-refractivity contribution in [1.29, 1.82) is 0 Å². The number of halogens is 1. The second-order valence-corrected chi connectivity index (χ2v) is 6.90. The van der Waals surface area contributed by atoms with E-state index in [2.05, 4.69) is 6.92 Å². The summed E-state index contributed by atoms with van der Waals surface area (Å²) in [6.07, 6.45) is 2.05. The first kappa shape index (κ1) is 16.4. The van der Waals surface area contributed by atoms with E-state index in [-0.39, 0.29) is 12.4 Å². The molecule has 0 spiro atoms. The number of rotatable bonds is 3. The molecule has 1 saturated heterocycles. The van der Waals surface area contributed by atoms with Gasteiger partial charge in [-0.2, -0.15) is 4.31 Å². The molecule has 0 aliphatic carbocycles. The second-order valence-electron chi connectivity index (χ2n) is 4.96. The van der Waals surface area contributed by atoms with Crippen molar-refractivity contribution < 1.29 is 8.42 Å². The van der Waals surface area contributed by atoms with Gasteiger partial charge >= 0.3 is 0 Å². The Bertz CT molecular complexity index is 502. The molecule has 1 aromatic carbocycles. The number of benzene rings is 1. The lowest BCUT2D eigenvalue weighted by Gasteiger charge is -2.30. The van der Waals surface area contributed by atoms with Crippen molar-refractivity contribution in [2.75, 3.05) is 13.1 Å². The van der Waals surface area contributed by atoms with Crippen molar-refractivity contribution in [3.63, 3.8) is 0 Å². The Morgan fingerprint density at radius 1 is 1.32 bits per heavy atom. The van der Waals surface area contributed by atoms with E-state index in [1.165, 1.54) is 0 Å². The molecule has 2 rings (SSSR count).